The lowest BCUT2D eigenvalue weighted by atomic mass is 10.1. The second-order valence-electron chi connectivity index (χ2n) is 3.99. The average Bonchev–Trinajstić information content (AvgIpc) is 2.67. The minimum Gasteiger partial charge on any atom is -0.314 e. The molecule has 1 aromatic carbocycles. The van der Waals surface area contributed by atoms with E-state index in [2.05, 4.69) is 47.7 Å². The molecular weight excluding hydrogens is 216 g/mol. The Labute approximate surface area is 100 Å². The van der Waals surface area contributed by atoms with Crippen molar-refractivity contribution in [2.75, 3.05) is 7.05 Å². The van der Waals surface area contributed by atoms with Crippen LogP contribution in [0.4, 0.5) is 0 Å². The van der Waals surface area contributed by atoms with Crippen molar-refractivity contribution in [3.8, 4) is 10.6 Å². The van der Waals surface area contributed by atoms with Crippen LogP contribution in [0, 0.1) is 13.8 Å². The first-order valence-electron chi connectivity index (χ1n) is 5.37. The molecule has 16 heavy (non-hydrogen) atoms. The number of thiazole rings is 1. The van der Waals surface area contributed by atoms with E-state index < -0.39 is 0 Å². The Morgan fingerprint density at radius 3 is 2.81 bits per heavy atom. The van der Waals surface area contributed by atoms with Gasteiger partial charge in [-0.1, -0.05) is 23.8 Å². The Balaban J connectivity index is 2.35. The second-order valence-corrected chi connectivity index (χ2v) is 4.85. The van der Waals surface area contributed by atoms with Gasteiger partial charge in [-0.3, -0.25) is 0 Å². The van der Waals surface area contributed by atoms with Crippen LogP contribution in [0.25, 0.3) is 10.6 Å². The molecular formula is C13H16N2S. The fraction of sp³-hybridized carbons (Fsp3) is 0.308. The molecule has 2 aromatic rings. The van der Waals surface area contributed by atoms with Gasteiger partial charge in [-0.05, 0) is 26.5 Å². The molecule has 1 heterocycles. The minimum absolute atomic E-state index is 0.835. The van der Waals surface area contributed by atoms with Crippen molar-refractivity contribution in [3.63, 3.8) is 0 Å². The Morgan fingerprint density at radius 1 is 1.31 bits per heavy atom. The molecule has 0 aliphatic rings. The van der Waals surface area contributed by atoms with Gasteiger partial charge in [0.2, 0.25) is 0 Å². The molecule has 2 nitrogen and oxygen atoms in total. The molecule has 0 fully saturated rings. The fourth-order valence-electron chi connectivity index (χ4n) is 1.75. The molecule has 1 aromatic heterocycles. The van der Waals surface area contributed by atoms with E-state index in [0.29, 0.717) is 0 Å². The molecule has 0 saturated carbocycles. The average molecular weight is 232 g/mol. The summed E-state index contributed by atoms with van der Waals surface area (Å²) in [5, 5.41) is 6.35. The van der Waals surface area contributed by atoms with Gasteiger partial charge in [0.25, 0.3) is 0 Å². The normalized spacial score (nSPS) is 10.7. The molecule has 0 unspecified atom stereocenters. The van der Waals surface area contributed by atoms with Crippen LogP contribution in [0.1, 0.15) is 16.8 Å². The highest BCUT2D eigenvalue weighted by atomic mass is 32.1. The van der Waals surface area contributed by atoms with Crippen LogP contribution in [0.5, 0.6) is 0 Å². The van der Waals surface area contributed by atoms with Crippen molar-refractivity contribution in [2.45, 2.75) is 20.4 Å². The third-order valence-corrected chi connectivity index (χ3v) is 3.45. The number of aryl methyl sites for hydroxylation is 2. The number of hydrogen-bond acceptors (Lipinski definition) is 3. The maximum absolute atomic E-state index is 4.62. The highest BCUT2D eigenvalue weighted by Gasteiger charge is 2.06. The Kier molecular flexibility index (Phi) is 3.36. The van der Waals surface area contributed by atoms with Gasteiger partial charge in [0.15, 0.2) is 0 Å². The van der Waals surface area contributed by atoms with Crippen molar-refractivity contribution >= 4 is 11.3 Å². The molecule has 84 valence electrons. The zero-order valence-corrected chi connectivity index (χ0v) is 10.7. The number of benzene rings is 1. The van der Waals surface area contributed by atoms with Gasteiger partial charge in [0.05, 0.1) is 5.69 Å². The van der Waals surface area contributed by atoms with E-state index in [0.717, 1.165) is 17.2 Å². The lowest BCUT2D eigenvalue weighted by Gasteiger charge is -2.03. The Hall–Kier alpha value is -1.19. The van der Waals surface area contributed by atoms with E-state index in [4.69, 9.17) is 0 Å². The minimum atomic E-state index is 0.835. The molecule has 0 radical (unpaired) electrons. The number of rotatable bonds is 3. The molecule has 0 saturated heterocycles. The molecule has 3 heteroatoms. The first kappa shape index (κ1) is 11.3. The number of aromatic nitrogens is 1. The fourth-order valence-corrected chi connectivity index (χ4v) is 2.66. The summed E-state index contributed by atoms with van der Waals surface area (Å²) >= 11 is 1.71. The summed E-state index contributed by atoms with van der Waals surface area (Å²) in [7, 11) is 1.94. The van der Waals surface area contributed by atoms with Crippen LogP contribution in [0.3, 0.4) is 0 Å². The highest BCUT2D eigenvalue weighted by Crippen LogP contribution is 2.27. The van der Waals surface area contributed by atoms with Crippen molar-refractivity contribution < 1.29 is 0 Å². The summed E-state index contributed by atoms with van der Waals surface area (Å²) in [6, 6.07) is 6.50. The van der Waals surface area contributed by atoms with Crippen LogP contribution in [-0.2, 0) is 6.54 Å². The van der Waals surface area contributed by atoms with Gasteiger partial charge in [-0.25, -0.2) is 4.98 Å². The summed E-state index contributed by atoms with van der Waals surface area (Å²) in [5.41, 5.74) is 4.96. The van der Waals surface area contributed by atoms with Crippen molar-refractivity contribution in [1.29, 1.82) is 0 Å². The van der Waals surface area contributed by atoms with Gasteiger partial charge in [-0.2, -0.15) is 0 Å². The third kappa shape index (κ3) is 2.31. The van der Waals surface area contributed by atoms with E-state index >= 15 is 0 Å². The van der Waals surface area contributed by atoms with E-state index in [1.807, 2.05) is 7.05 Å². The first-order chi connectivity index (χ1) is 7.70. The standard InChI is InChI=1S/C13H16N2S/c1-9-4-5-12(10(2)6-9)13-15-11(7-14-3)8-16-13/h4-6,8,14H,7H2,1-3H3. The van der Waals surface area contributed by atoms with E-state index in [1.165, 1.54) is 16.7 Å². The van der Waals surface area contributed by atoms with Crippen molar-refractivity contribution in [1.82, 2.24) is 10.3 Å². The topological polar surface area (TPSA) is 24.9 Å². The highest BCUT2D eigenvalue weighted by molar-refractivity contribution is 7.13. The van der Waals surface area contributed by atoms with Crippen LogP contribution in [-0.4, -0.2) is 12.0 Å². The first-order valence-corrected chi connectivity index (χ1v) is 6.25. The summed E-state index contributed by atoms with van der Waals surface area (Å²) in [6.45, 7) is 5.09. The molecule has 2 rings (SSSR count). The smallest absolute Gasteiger partial charge is 0.123 e. The number of nitrogens with zero attached hydrogens (tertiary/aromatic N) is 1. The van der Waals surface area contributed by atoms with Crippen LogP contribution in [0.2, 0.25) is 0 Å². The second kappa shape index (κ2) is 4.76. The van der Waals surface area contributed by atoms with Crippen LogP contribution in [0.15, 0.2) is 23.6 Å². The Bertz CT molecular complexity index is 488. The summed E-state index contributed by atoms with van der Waals surface area (Å²) in [6.07, 6.45) is 0. The predicted molar refractivity (Wildman–Crippen MR) is 69.8 cm³/mol. The summed E-state index contributed by atoms with van der Waals surface area (Å²) in [5.74, 6) is 0. The molecule has 1 N–H and O–H groups in total. The maximum Gasteiger partial charge on any atom is 0.123 e. The quantitative estimate of drug-likeness (QED) is 0.879. The van der Waals surface area contributed by atoms with Crippen molar-refractivity contribution in [2.24, 2.45) is 0 Å². The van der Waals surface area contributed by atoms with E-state index in [-0.39, 0.29) is 0 Å². The van der Waals surface area contributed by atoms with Crippen LogP contribution >= 0.6 is 11.3 Å². The zero-order chi connectivity index (χ0) is 11.5. The van der Waals surface area contributed by atoms with Gasteiger partial charge in [0, 0.05) is 17.5 Å². The van der Waals surface area contributed by atoms with Gasteiger partial charge in [-0.15, -0.1) is 11.3 Å². The number of nitrogens with one attached hydrogen (secondary N) is 1. The van der Waals surface area contributed by atoms with E-state index in [9.17, 15) is 0 Å². The molecule has 0 spiro atoms. The van der Waals surface area contributed by atoms with E-state index in [1.54, 1.807) is 11.3 Å². The third-order valence-electron chi connectivity index (χ3n) is 2.52. The largest absolute Gasteiger partial charge is 0.314 e. The summed E-state index contributed by atoms with van der Waals surface area (Å²) < 4.78 is 0. The zero-order valence-electron chi connectivity index (χ0n) is 9.87. The summed E-state index contributed by atoms with van der Waals surface area (Å²) in [4.78, 5) is 4.62. The predicted octanol–water partition coefficient (Wildman–Crippen LogP) is 3.15. The molecule has 0 atom stereocenters. The number of hydrogen-bond donors (Lipinski definition) is 1. The lowest BCUT2D eigenvalue weighted by Crippen LogP contribution is -2.04. The van der Waals surface area contributed by atoms with Gasteiger partial charge >= 0.3 is 0 Å². The SMILES string of the molecule is CNCc1csc(-c2ccc(C)cc2C)n1. The molecule has 0 aliphatic heterocycles. The van der Waals surface area contributed by atoms with Crippen molar-refractivity contribution in [3.05, 3.63) is 40.4 Å². The Morgan fingerprint density at radius 2 is 2.12 bits per heavy atom. The lowest BCUT2D eigenvalue weighted by molar-refractivity contribution is 0.798. The maximum atomic E-state index is 4.62. The monoisotopic (exact) mass is 232 g/mol. The molecule has 0 bridgehead atoms. The van der Waals surface area contributed by atoms with Gasteiger partial charge < -0.3 is 5.32 Å². The molecule has 0 amide bonds. The van der Waals surface area contributed by atoms with Crippen LogP contribution < -0.4 is 5.32 Å². The molecule has 0 aliphatic carbocycles. The van der Waals surface area contributed by atoms with Gasteiger partial charge in [0.1, 0.15) is 5.01 Å².